The molecule has 1 unspecified atom stereocenters. The fourth-order valence-corrected chi connectivity index (χ4v) is 5.14. The molecule has 6 rings (SSSR count). The van der Waals surface area contributed by atoms with E-state index in [9.17, 15) is 0 Å². The van der Waals surface area contributed by atoms with Crippen molar-refractivity contribution in [3.8, 4) is 11.1 Å². The van der Waals surface area contributed by atoms with E-state index in [4.69, 9.17) is 18.6 Å². The number of hydrogen-bond donors (Lipinski definition) is 0. The van der Waals surface area contributed by atoms with Crippen LogP contribution in [0.3, 0.4) is 0 Å². The van der Waals surface area contributed by atoms with Crippen LogP contribution in [0.4, 0.5) is 0 Å². The van der Waals surface area contributed by atoms with E-state index in [2.05, 4.69) is 128 Å². The molecule has 1 aliphatic rings. The zero-order chi connectivity index (χ0) is 24.2. The van der Waals surface area contributed by atoms with E-state index >= 15 is 0 Å². The van der Waals surface area contributed by atoms with Gasteiger partial charge in [0.2, 0.25) is 0 Å². The summed E-state index contributed by atoms with van der Waals surface area (Å²) in [4.78, 5) is 0. The van der Waals surface area contributed by atoms with Gasteiger partial charge in [-0.05, 0) is 33.6 Å². The Bertz CT molecular complexity index is 1500. The summed E-state index contributed by atoms with van der Waals surface area (Å²) in [6.07, 6.45) is 2.35. The Hall–Kier alpha value is -2.78. The summed E-state index contributed by atoms with van der Waals surface area (Å²) in [5.41, 5.74) is 10.1. The second kappa shape index (κ2) is 12.0. The van der Waals surface area contributed by atoms with Crippen LogP contribution in [0.2, 0.25) is 0 Å². The summed E-state index contributed by atoms with van der Waals surface area (Å²) < 4.78 is 0. The van der Waals surface area contributed by atoms with Crippen LogP contribution in [0.15, 0.2) is 115 Å². The molecule has 5 aromatic rings. The molecule has 0 heterocycles. The number of fused-ring (bicyclic) bond motifs is 2. The van der Waals surface area contributed by atoms with Gasteiger partial charge in [-0.25, -0.2) is 0 Å². The fourth-order valence-electron chi connectivity index (χ4n) is 5.14. The molecule has 2 N–H and O–H groups in total. The predicted molar refractivity (Wildman–Crippen MR) is 153 cm³/mol. The summed E-state index contributed by atoms with van der Waals surface area (Å²) in [6, 6.07) is 41.2. The zero-order valence-electron chi connectivity index (χ0n) is 19.7. The topological polar surface area (TPSA) is 33.5 Å². The molecular weight excluding hydrogens is 517 g/mol. The van der Waals surface area contributed by atoms with Crippen molar-refractivity contribution in [2.45, 2.75) is 5.92 Å². The van der Waals surface area contributed by atoms with Gasteiger partial charge in [0.1, 0.15) is 0 Å². The van der Waals surface area contributed by atoms with Gasteiger partial charge in [-0.2, -0.15) is 12.5 Å². The maximum atomic E-state index is 4.89. The Balaban J connectivity index is 0.000000726. The molecule has 36 heavy (non-hydrogen) atoms. The average molecular weight is 542 g/mol. The zero-order valence-corrected chi connectivity index (χ0v) is 22.7. The van der Waals surface area contributed by atoms with Gasteiger partial charge < -0.3 is 6.15 Å². The van der Waals surface area contributed by atoms with Crippen molar-refractivity contribution in [1.29, 1.82) is 0 Å². The summed E-state index contributed by atoms with van der Waals surface area (Å²) in [5.74, 6) is 0.160. The van der Waals surface area contributed by atoms with Crippen molar-refractivity contribution in [2.75, 3.05) is 0 Å². The van der Waals surface area contributed by atoms with E-state index in [1.165, 1.54) is 49.7 Å². The summed E-state index contributed by atoms with van der Waals surface area (Å²) in [7, 11) is 9.78. The number of halogens is 2. The number of rotatable bonds is 3. The first-order valence-electron chi connectivity index (χ1n) is 11.5. The number of allylic oxidation sites excluding steroid dienone is 1. The van der Waals surface area contributed by atoms with Crippen molar-refractivity contribution in [1.82, 2.24) is 0 Å². The van der Waals surface area contributed by atoms with Crippen molar-refractivity contribution in [2.24, 2.45) is 0 Å². The second-order valence-corrected chi connectivity index (χ2v) is 11.1. The van der Waals surface area contributed by atoms with Gasteiger partial charge in [-0.15, -0.1) is 17.2 Å². The van der Waals surface area contributed by atoms with E-state index < -0.39 is 17.0 Å². The van der Waals surface area contributed by atoms with E-state index in [1.54, 1.807) is 0 Å². The number of benzene rings is 5. The van der Waals surface area contributed by atoms with Gasteiger partial charge in [-0.3, -0.25) is 0 Å². The molecule has 0 aliphatic heterocycles. The maximum absolute atomic E-state index is 4.89. The molecule has 1 aliphatic carbocycles. The van der Waals surface area contributed by atoms with Crippen LogP contribution in [0, 0.1) is 6.92 Å². The Morgan fingerprint density at radius 1 is 0.639 bits per heavy atom. The monoisotopic (exact) mass is 541 g/mol. The molecule has 0 bridgehead atoms. The molecule has 4 heteroatoms. The largest absolute Gasteiger partial charge is 0.693 e. The minimum atomic E-state index is -0.556. The summed E-state index contributed by atoms with van der Waals surface area (Å²) in [6.45, 7) is 4.67. The number of hydrogen-bond acceptors (Lipinski definition) is 0. The molecule has 0 spiro atoms. The van der Waals surface area contributed by atoms with Gasteiger partial charge in [0.25, 0.3) is 0 Å². The molecule has 0 radical (unpaired) electrons. The average Bonchev–Trinajstić information content (AvgIpc) is 3.29. The van der Waals surface area contributed by atoms with Crippen LogP contribution in [0.25, 0.3) is 39.7 Å². The first-order valence-corrected chi connectivity index (χ1v) is 15.8. The first-order chi connectivity index (χ1) is 17.2. The van der Waals surface area contributed by atoms with Crippen molar-refractivity contribution in [3.63, 3.8) is 0 Å². The quantitative estimate of drug-likeness (QED) is 0.161. The minimum Gasteiger partial charge on any atom is -0.693 e. The third-order valence-electron chi connectivity index (χ3n) is 6.60. The van der Waals surface area contributed by atoms with Gasteiger partial charge in [0, 0.05) is 0 Å². The van der Waals surface area contributed by atoms with Crippen LogP contribution >= 0.6 is 18.6 Å². The molecule has 0 saturated carbocycles. The van der Waals surface area contributed by atoms with E-state index in [0.29, 0.717) is 0 Å². The molecule has 0 amide bonds. The molecule has 1 atom stereocenters. The summed E-state index contributed by atoms with van der Waals surface area (Å²) in [5, 5.41) is 2.51. The van der Waals surface area contributed by atoms with E-state index in [1.807, 2.05) is 0 Å². The third kappa shape index (κ3) is 5.04. The third-order valence-corrected chi connectivity index (χ3v) is 6.60. The van der Waals surface area contributed by atoms with Gasteiger partial charge in [0.05, 0.1) is 0 Å². The standard InChI is InChI=1S/C32H23.2ClH.H2N.Ti/c1-22-29(20-25-16-8-10-18-27(25)31(22)24-14-6-3-7-15-24)32-28-19-11-9-17-26(28)21-30(32)23-12-4-2-5-13-23;;;;/h2-21,32H,1H2;2*1H;1H2;/q-1;;;-1;+2/p-2. The van der Waals surface area contributed by atoms with Crippen LogP contribution in [0.5, 0.6) is 0 Å². The second-order valence-electron chi connectivity index (χ2n) is 8.51. The van der Waals surface area contributed by atoms with Crippen LogP contribution in [-0.2, 0) is 17.0 Å². The van der Waals surface area contributed by atoms with Crippen molar-refractivity contribution < 1.29 is 17.0 Å². The molecule has 178 valence electrons. The normalized spacial score (nSPS) is 13.6. The Labute approximate surface area is 230 Å². The van der Waals surface area contributed by atoms with Crippen molar-refractivity contribution >= 4 is 41.0 Å². The van der Waals surface area contributed by atoms with Gasteiger partial charge in [-0.1, -0.05) is 126 Å². The predicted octanol–water partition coefficient (Wildman–Crippen LogP) is 10.5. The van der Waals surface area contributed by atoms with Crippen LogP contribution < -0.4 is 0 Å². The Morgan fingerprint density at radius 2 is 1.19 bits per heavy atom. The summed E-state index contributed by atoms with van der Waals surface area (Å²) >= 11 is -0.556. The SMILES string of the molecule is [CH2-]c1c(C2C(c3ccccc3)=Cc3ccccc32)cc2ccccc2c1-c1ccccc1.[Cl][Ti][Cl].[NH2-]. The van der Waals surface area contributed by atoms with Crippen LogP contribution in [-0.4, -0.2) is 0 Å². The van der Waals surface area contributed by atoms with Gasteiger partial charge in [0.15, 0.2) is 0 Å². The molecule has 0 aromatic heterocycles. The van der Waals surface area contributed by atoms with Crippen molar-refractivity contribution in [3.05, 3.63) is 156 Å². The Kier molecular flexibility index (Phi) is 8.74. The molecule has 0 fully saturated rings. The fraction of sp³-hybridized carbons (Fsp3) is 0.0312. The van der Waals surface area contributed by atoms with Gasteiger partial charge >= 0.3 is 35.6 Å². The minimum absolute atomic E-state index is 0. The van der Waals surface area contributed by atoms with E-state index in [0.717, 1.165) is 5.56 Å². The smallest absolute Gasteiger partial charge is 0.693 e. The van der Waals surface area contributed by atoms with E-state index in [-0.39, 0.29) is 12.1 Å². The molecular formula is C32H25Cl2NTi-2. The number of nitrogens with two attached hydrogens (primary N) is 1. The Morgan fingerprint density at radius 3 is 1.89 bits per heavy atom. The molecule has 5 aromatic carbocycles. The first kappa shape index (κ1) is 26.3. The maximum Gasteiger partial charge on any atom is -0.693 e. The molecule has 1 nitrogen and oxygen atoms in total. The molecule has 0 saturated heterocycles. The van der Waals surface area contributed by atoms with Crippen LogP contribution in [0.1, 0.15) is 33.7 Å².